The number of ether oxygens (including phenoxy) is 1. The average molecular weight is 493 g/mol. The van der Waals surface area contributed by atoms with Crippen LogP contribution in [0.2, 0.25) is 0 Å². The molecule has 5 heterocycles. The summed E-state index contributed by atoms with van der Waals surface area (Å²) in [5.41, 5.74) is 2.83. The maximum atomic E-state index is 15.9. The third kappa shape index (κ3) is 3.81. The van der Waals surface area contributed by atoms with E-state index < -0.39 is 23.8 Å². The summed E-state index contributed by atoms with van der Waals surface area (Å²) in [5.74, 6) is -1.74. The van der Waals surface area contributed by atoms with E-state index in [-0.39, 0.29) is 35.8 Å². The topological polar surface area (TPSA) is 91.8 Å². The molecule has 188 valence electrons. The minimum Gasteiger partial charge on any atom is -0.380 e. The standard InChI is InChI=1S/C27H29FN4O4/c1-16-23-19(26(35)32(16)21-4-5-22(33)30-25(21)34)3-2-18(24(23)28)20-12-17(6-9-29-20)13-31-10-7-27(8-11-31)14-36-15-27/h2-3,6,9,12,16,21H,4-5,7-8,10-11,13-15H2,1H3,(H,30,33,34)/t16-,21+/m1/s1. The third-order valence-electron chi connectivity index (χ3n) is 8.27. The largest absolute Gasteiger partial charge is 0.380 e. The van der Waals surface area contributed by atoms with Gasteiger partial charge in [-0.1, -0.05) is 0 Å². The first-order valence-electron chi connectivity index (χ1n) is 12.6. The third-order valence-corrected chi connectivity index (χ3v) is 8.27. The van der Waals surface area contributed by atoms with Gasteiger partial charge in [-0.3, -0.25) is 29.6 Å². The first-order valence-corrected chi connectivity index (χ1v) is 12.6. The fourth-order valence-electron chi connectivity index (χ4n) is 6.04. The van der Waals surface area contributed by atoms with Gasteiger partial charge < -0.3 is 9.64 Å². The van der Waals surface area contributed by atoms with E-state index >= 15 is 4.39 Å². The molecule has 1 aromatic heterocycles. The van der Waals surface area contributed by atoms with Crippen molar-refractivity contribution in [3.63, 3.8) is 0 Å². The van der Waals surface area contributed by atoms with Crippen LogP contribution in [0.4, 0.5) is 4.39 Å². The second-order valence-corrected chi connectivity index (χ2v) is 10.6. The molecular formula is C27H29FN4O4. The Hall–Kier alpha value is -3.17. The van der Waals surface area contributed by atoms with E-state index in [1.54, 1.807) is 25.3 Å². The lowest BCUT2D eigenvalue weighted by atomic mass is 9.77. The molecule has 6 rings (SSSR count). The van der Waals surface area contributed by atoms with E-state index in [0.29, 0.717) is 16.7 Å². The fraction of sp³-hybridized carbons (Fsp3) is 0.481. The number of nitrogens with zero attached hydrogens (tertiary/aromatic N) is 3. The van der Waals surface area contributed by atoms with Gasteiger partial charge in [-0.2, -0.15) is 0 Å². The minimum atomic E-state index is -0.794. The predicted octanol–water partition coefficient (Wildman–Crippen LogP) is 2.82. The lowest BCUT2D eigenvalue weighted by Crippen LogP contribution is -2.53. The Morgan fingerprint density at radius 1 is 1.14 bits per heavy atom. The highest BCUT2D eigenvalue weighted by Gasteiger charge is 2.45. The highest BCUT2D eigenvalue weighted by Crippen LogP contribution is 2.41. The number of benzene rings is 1. The number of hydrogen-bond acceptors (Lipinski definition) is 6. The molecule has 0 saturated carbocycles. The van der Waals surface area contributed by atoms with E-state index in [9.17, 15) is 14.4 Å². The Morgan fingerprint density at radius 3 is 2.58 bits per heavy atom. The van der Waals surface area contributed by atoms with Gasteiger partial charge in [0.1, 0.15) is 11.9 Å². The van der Waals surface area contributed by atoms with Crippen LogP contribution in [0.5, 0.6) is 0 Å². The normalized spacial score (nSPS) is 25.6. The second-order valence-electron chi connectivity index (χ2n) is 10.6. The zero-order chi connectivity index (χ0) is 25.0. The van der Waals surface area contributed by atoms with Crippen molar-refractivity contribution in [1.29, 1.82) is 0 Å². The van der Waals surface area contributed by atoms with Gasteiger partial charge in [0.15, 0.2) is 0 Å². The van der Waals surface area contributed by atoms with Crippen molar-refractivity contribution in [1.82, 2.24) is 20.1 Å². The van der Waals surface area contributed by atoms with Crippen molar-refractivity contribution in [2.75, 3.05) is 26.3 Å². The molecule has 3 saturated heterocycles. The van der Waals surface area contributed by atoms with Crippen LogP contribution in [0.15, 0.2) is 30.5 Å². The molecule has 8 nitrogen and oxygen atoms in total. The van der Waals surface area contributed by atoms with Crippen LogP contribution in [0, 0.1) is 11.2 Å². The first-order chi connectivity index (χ1) is 17.3. The predicted molar refractivity (Wildman–Crippen MR) is 128 cm³/mol. The number of piperidine rings is 2. The lowest BCUT2D eigenvalue weighted by molar-refractivity contribution is -0.140. The lowest BCUT2D eigenvalue weighted by Gasteiger charge is -2.47. The molecule has 0 bridgehead atoms. The smallest absolute Gasteiger partial charge is 0.255 e. The number of hydrogen-bond donors (Lipinski definition) is 1. The number of likely N-dealkylation sites (tertiary alicyclic amines) is 1. The summed E-state index contributed by atoms with van der Waals surface area (Å²) < 4.78 is 21.3. The number of carbonyl (C=O) groups excluding carboxylic acids is 3. The number of rotatable bonds is 4. The molecule has 3 fully saturated rings. The zero-order valence-electron chi connectivity index (χ0n) is 20.3. The molecule has 36 heavy (non-hydrogen) atoms. The van der Waals surface area contributed by atoms with E-state index in [2.05, 4.69) is 15.2 Å². The van der Waals surface area contributed by atoms with Gasteiger partial charge in [-0.05, 0) is 69.1 Å². The monoisotopic (exact) mass is 492 g/mol. The molecule has 4 aliphatic heterocycles. The first kappa shape index (κ1) is 23.2. The van der Waals surface area contributed by atoms with Crippen molar-refractivity contribution >= 4 is 17.7 Å². The van der Waals surface area contributed by atoms with Crippen molar-refractivity contribution in [3.8, 4) is 11.3 Å². The molecule has 1 N–H and O–H groups in total. The van der Waals surface area contributed by atoms with Gasteiger partial charge in [0.05, 0.1) is 24.9 Å². The number of aromatic nitrogens is 1. The van der Waals surface area contributed by atoms with Crippen molar-refractivity contribution in [2.45, 2.75) is 51.2 Å². The van der Waals surface area contributed by atoms with Crippen LogP contribution in [-0.4, -0.2) is 64.9 Å². The Balaban J connectivity index is 1.23. The SMILES string of the molecule is C[C@@H]1c2c(ccc(-c3cc(CN4CCC5(CC4)COC5)ccn3)c2F)C(=O)N1[C@H]1CCC(=O)NC1=O. The van der Waals surface area contributed by atoms with Crippen LogP contribution < -0.4 is 5.32 Å². The molecule has 2 aromatic rings. The van der Waals surface area contributed by atoms with Gasteiger partial charge >= 0.3 is 0 Å². The summed E-state index contributed by atoms with van der Waals surface area (Å²) in [4.78, 5) is 45.4. The summed E-state index contributed by atoms with van der Waals surface area (Å²) in [5, 5.41) is 2.29. The Morgan fingerprint density at radius 2 is 1.89 bits per heavy atom. The van der Waals surface area contributed by atoms with Crippen LogP contribution in [0.1, 0.15) is 60.1 Å². The number of fused-ring (bicyclic) bond motifs is 1. The molecule has 1 aromatic carbocycles. The summed E-state index contributed by atoms with van der Waals surface area (Å²) in [6.07, 6.45) is 4.36. The quantitative estimate of drug-likeness (QED) is 0.660. The van der Waals surface area contributed by atoms with E-state index in [4.69, 9.17) is 4.74 Å². The van der Waals surface area contributed by atoms with Crippen molar-refractivity contribution in [2.24, 2.45) is 5.41 Å². The van der Waals surface area contributed by atoms with Crippen molar-refractivity contribution in [3.05, 3.63) is 53.0 Å². The van der Waals surface area contributed by atoms with Crippen LogP contribution in [-0.2, 0) is 20.9 Å². The maximum Gasteiger partial charge on any atom is 0.255 e. The van der Waals surface area contributed by atoms with E-state index in [1.165, 1.54) is 4.90 Å². The Bertz CT molecular complexity index is 1250. The second kappa shape index (κ2) is 8.74. The highest BCUT2D eigenvalue weighted by atomic mass is 19.1. The van der Waals surface area contributed by atoms with Crippen LogP contribution >= 0.6 is 0 Å². The molecule has 0 radical (unpaired) electrons. The number of amides is 3. The molecule has 0 aliphatic carbocycles. The summed E-state index contributed by atoms with van der Waals surface area (Å²) in [7, 11) is 0. The molecule has 4 aliphatic rings. The van der Waals surface area contributed by atoms with E-state index in [1.807, 2.05) is 12.1 Å². The molecular weight excluding hydrogens is 463 g/mol. The van der Waals surface area contributed by atoms with Crippen LogP contribution in [0.3, 0.4) is 0 Å². The molecule has 3 amide bonds. The number of halogens is 1. The zero-order valence-corrected chi connectivity index (χ0v) is 20.3. The fourth-order valence-corrected chi connectivity index (χ4v) is 6.04. The van der Waals surface area contributed by atoms with E-state index in [0.717, 1.165) is 51.3 Å². The van der Waals surface area contributed by atoms with Gasteiger partial charge in [0.25, 0.3) is 5.91 Å². The van der Waals surface area contributed by atoms with Gasteiger partial charge in [0, 0.05) is 41.3 Å². The number of pyridine rings is 1. The van der Waals surface area contributed by atoms with Crippen LogP contribution in [0.25, 0.3) is 11.3 Å². The highest BCUT2D eigenvalue weighted by molar-refractivity contribution is 6.06. The summed E-state index contributed by atoms with van der Waals surface area (Å²) in [6, 6.07) is 5.68. The number of nitrogens with one attached hydrogen (secondary N) is 1. The molecule has 9 heteroatoms. The number of carbonyl (C=O) groups is 3. The van der Waals surface area contributed by atoms with Gasteiger partial charge in [-0.15, -0.1) is 0 Å². The minimum absolute atomic E-state index is 0.152. The molecule has 2 atom stereocenters. The van der Waals surface area contributed by atoms with Gasteiger partial charge in [0.2, 0.25) is 11.8 Å². The molecule has 1 spiro atoms. The van der Waals surface area contributed by atoms with Crippen molar-refractivity contribution < 1.29 is 23.5 Å². The number of imide groups is 1. The summed E-state index contributed by atoms with van der Waals surface area (Å²) in [6.45, 7) is 6.28. The maximum absolute atomic E-state index is 15.9. The average Bonchev–Trinajstić information content (AvgIpc) is 3.09. The summed E-state index contributed by atoms with van der Waals surface area (Å²) >= 11 is 0. The van der Waals surface area contributed by atoms with Gasteiger partial charge in [-0.25, -0.2) is 4.39 Å². The molecule has 0 unspecified atom stereocenters. The Labute approximate surface area is 208 Å². The Kier molecular flexibility index (Phi) is 5.64.